The number of ketones is 1. The van der Waals surface area contributed by atoms with E-state index in [4.69, 9.17) is 0 Å². The Balaban J connectivity index is 2.40. The van der Waals surface area contributed by atoms with Gasteiger partial charge in [-0.15, -0.1) is 0 Å². The Bertz CT molecular complexity index is 635. The van der Waals surface area contributed by atoms with Gasteiger partial charge in [0.1, 0.15) is 0 Å². The van der Waals surface area contributed by atoms with Crippen LogP contribution in [0.15, 0.2) is 48.5 Å². The Morgan fingerprint density at radius 3 is 1.85 bits per heavy atom. The van der Waals surface area contributed by atoms with Crippen molar-refractivity contribution >= 4 is 28.4 Å². The number of carbonyl (C=O) groups is 1. The van der Waals surface area contributed by atoms with E-state index in [1.807, 2.05) is 19.1 Å². The van der Waals surface area contributed by atoms with E-state index in [2.05, 4.69) is 0 Å². The van der Waals surface area contributed by atoms with Crippen molar-refractivity contribution < 1.29 is 13.6 Å². The predicted molar refractivity (Wildman–Crippen MR) is 78.7 cm³/mol. The number of carbonyl (C=O) groups excluding carboxylic acids is 1. The third-order valence-corrected chi connectivity index (χ3v) is 3.65. The van der Waals surface area contributed by atoms with Gasteiger partial charge < -0.3 is 4.55 Å². The van der Waals surface area contributed by atoms with Gasteiger partial charge in [-0.25, -0.2) is 0 Å². The minimum atomic E-state index is -2.43. The lowest BCUT2D eigenvalue weighted by molar-refractivity contribution is 0.101. The molecule has 4 nitrogen and oxygen atoms in total. The molecule has 2 rings (SSSR count). The molecule has 0 heterocycles. The summed E-state index contributed by atoms with van der Waals surface area (Å²) in [5.41, 5.74) is 2.65. The van der Waals surface area contributed by atoms with Gasteiger partial charge >= 0.3 is 0 Å². The van der Waals surface area contributed by atoms with E-state index < -0.39 is 11.3 Å². The molecule has 0 saturated heterocycles. The number of Topliss-reactive ketones (excluding diaryl/α,β-unsaturated/α-hetero) is 1. The van der Waals surface area contributed by atoms with E-state index in [0.717, 1.165) is 5.56 Å². The van der Waals surface area contributed by atoms with Gasteiger partial charge in [-0.3, -0.25) is 13.3 Å². The normalized spacial score (nSPS) is 11.9. The number of aryl methyl sites for hydroxylation is 1. The second-order valence-corrected chi connectivity index (χ2v) is 5.25. The van der Waals surface area contributed by atoms with Gasteiger partial charge in [0, 0.05) is 5.56 Å². The Kier molecular flexibility index (Phi) is 4.32. The maximum absolute atomic E-state index is 11.5. The molecule has 0 N–H and O–H groups in total. The summed E-state index contributed by atoms with van der Waals surface area (Å²) in [6.45, 7) is 3.41. The van der Waals surface area contributed by atoms with E-state index in [9.17, 15) is 13.6 Å². The molecule has 2 aromatic rings. The topological polar surface area (TPSA) is 60.4 Å². The SMILES string of the molecule is CC(=O)c1ccc(N(c2ccc(C)cc2)S(=O)[O-])cc1. The molecule has 0 amide bonds. The van der Waals surface area contributed by atoms with Crippen LogP contribution in [0.25, 0.3) is 0 Å². The fraction of sp³-hybridized carbons (Fsp3) is 0.133. The van der Waals surface area contributed by atoms with E-state index in [0.29, 0.717) is 16.9 Å². The van der Waals surface area contributed by atoms with Gasteiger partial charge in [0.15, 0.2) is 5.78 Å². The Morgan fingerprint density at radius 2 is 1.45 bits per heavy atom. The predicted octanol–water partition coefficient (Wildman–Crippen LogP) is 3.13. The molecule has 2 aromatic carbocycles. The van der Waals surface area contributed by atoms with Crippen molar-refractivity contribution in [1.82, 2.24) is 0 Å². The molecule has 0 fully saturated rings. The molecular formula is C15H14NO3S-. The van der Waals surface area contributed by atoms with E-state index in [-0.39, 0.29) is 5.78 Å². The molecule has 0 aliphatic carbocycles. The zero-order chi connectivity index (χ0) is 14.7. The number of rotatable bonds is 4. The Hall–Kier alpha value is -1.98. The Labute approximate surface area is 120 Å². The van der Waals surface area contributed by atoms with E-state index in [1.54, 1.807) is 36.4 Å². The van der Waals surface area contributed by atoms with Crippen molar-refractivity contribution in [3.63, 3.8) is 0 Å². The smallest absolute Gasteiger partial charge is 0.159 e. The average Bonchev–Trinajstić information content (AvgIpc) is 2.41. The summed E-state index contributed by atoms with van der Waals surface area (Å²) in [6.07, 6.45) is 0. The second kappa shape index (κ2) is 5.98. The van der Waals surface area contributed by atoms with Crippen LogP contribution in [0.3, 0.4) is 0 Å². The molecule has 0 aromatic heterocycles. The summed E-state index contributed by atoms with van der Waals surface area (Å²) >= 11 is -2.43. The zero-order valence-electron chi connectivity index (χ0n) is 11.2. The highest BCUT2D eigenvalue weighted by molar-refractivity contribution is 7.81. The van der Waals surface area contributed by atoms with Crippen molar-refractivity contribution in [2.45, 2.75) is 13.8 Å². The van der Waals surface area contributed by atoms with Gasteiger partial charge in [0.05, 0.1) is 22.6 Å². The van der Waals surface area contributed by atoms with Crippen LogP contribution in [0.4, 0.5) is 11.4 Å². The van der Waals surface area contributed by atoms with Crippen LogP contribution < -0.4 is 4.31 Å². The highest BCUT2D eigenvalue weighted by atomic mass is 32.2. The van der Waals surface area contributed by atoms with Gasteiger partial charge in [-0.2, -0.15) is 0 Å². The fourth-order valence-corrected chi connectivity index (χ4v) is 2.42. The summed E-state index contributed by atoms with van der Waals surface area (Å²) in [7, 11) is 0. The molecule has 20 heavy (non-hydrogen) atoms. The molecule has 0 bridgehead atoms. The maximum atomic E-state index is 11.5. The highest BCUT2D eigenvalue weighted by Gasteiger charge is 2.10. The lowest BCUT2D eigenvalue weighted by Gasteiger charge is -2.26. The van der Waals surface area contributed by atoms with Crippen LogP contribution >= 0.6 is 0 Å². The standard InChI is InChI=1S/C15H15NO3S/c1-11-3-7-14(8-4-11)16(20(18)19)15-9-5-13(6-10-15)12(2)17/h3-10H,1-2H3,(H,18,19)/p-1. The minimum absolute atomic E-state index is 0.0540. The number of hydrogen-bond acceptors (Lipinski definition) is 3. The van der Waals surface area contributed by atoms with E-state index in [1.165, 1.54) is 11.2 Å². The van der Waals surface area contributed by atoms with Gasteiger partial charge in [-0.05, 0) is 50.2 Å². The second-order valence-electron chi connectivity index (χ2n) is 4.45. The molecule has 1 atom stereocenters. The van der Waals surface area contributed by atoms with Crippen molar-refractivity contribution in [1.29, 1.82) is 0 Å². The molecule has 0 saturated carbocycles. The lowest BCUT2D eigenvalue weighted by atomic mass is 10.1. The third kappa shape index (κ3) is 3.12. The molecule has 1 unspecified atom stereocenters. The van der Waals surface area contributed by atoms with Gasteiger partial charge in [0.25, 0.3) is 0 Å². The zero-order valence-corrected chi connectivity index (χ0v) is 12.0. The summed E-state index contributed by atoms with van der Waals surface area (Å²) in [5.74, 6) is -0.0540. The number of anilines is 2. The van der Waals surface area contributed by atoms with Crippen LogP contribution in [0, 0.1) is 6.92 Å². The van der Waals surface area contributed by atoms with Crippen LogP contribution in [0.1, 0.15) is 22.8 Å². The number of nitrogens with zero attached hydrogens (tertiary/aromatic N) is 1. The molecule has 5 heteroatoms. The largest absolute Gasteiger partial charge is 0.755 e. The fourth-order valence-electron chi connectivity index (χ4n) is 1.83. The molecule has 0 aliphatic heterocycles. The Morgan fingerprint density at radius 1 is 1.00 bits per heavy atom. The van der Waals surface area contributed by atoms with Gasteiger partial charge in [0.2, 0.25) is 0 Å². The van der Waals surface area contributed by atoms with Crippen LogP contribution in [-0.4, -0.2) is 14.5 Å². The first kappa shape index (κ1) is 14.4. The summed E-state index contributed by atoms with van der Waals surface area (Å²) in [4.78, 5) is 11.2. The van der Waals surface area contributed by atoms with Crippen molar-refractivity contribution in [3.8, 4) is 0 Å². The molecular weight excluding hydrogens is 274 g/mol. The van der Waals surface area contributed by atoms with Crippen LogP contribution in [0.2, 0.25) is 0 Å². The van der Waals surface area contributed by atoms with Crippen LogP contribution in [-0.2, 0) is 11.3 Å². The van der Waals surface area contributed by atoms with Crippen molar-refractivity contribution in [2.24, 2.45) is 0 Å². The highest BCUT2D eigenvalue weighted by Crippen LogP contribution is 2.27. The molecule has 104 valence electrons. The molecule has 0 aliphatic rings. The number of benzene rings is 2. The van der Waals surface area contributed by atoms with Crippen LogP contribution in [0.5, 0.6) is 0 Å². The first-order valence-corrected chi connectivity index (χ1v) is 7.09. The first-order valence-electron chi connectivity index (χ1n) is 6.06. The summed E-state index contributed by atoms with van der Waals surface area (Å²) in [5, 5.41) is 0. The third-order valence-electron chi connectivity index (χ3n) is 2.93. The molecule has 0 radical (unpaired) electrons. The molecule has 0 spiro atoms. The quantitative estimate of drug-likeness (QED) is 0.641. The maximum Gasteiger partial charge on any atom is 0.159 e. The lowest BCUT2D eigenvalue weighted by Crippen LogP contribution is -2.19. The van der Waals surface area contributed by atoms with E-state index >= 15 is 0 Å². The monoisotopic (exact) mass is 288 g/mol. The number of hydrogen-bond donors (Lipinski definition) is 0. The van der Waals surface area contributed by atoms with Crippen molar-refractivity contribution in [2.75, 3.05) is 4.31 Å². The summed E-state index contributed by atoms with van der Waals surface area (Å²) < 4.78 is 24.1. The first-order chi connectivity index (χ1) is 9.49. The minimum Gasteiger partial charge on any atom is -0.755 e. The van der Waals surface area contributed by atoms with Crippen molar-refractivity contribution in [3.05, 3.63) is 59.7 Å². The van der Waals surface area contributed by atoms with Gasteiger partial charge in [-0.1, -0.05) is 17.7 Å². The summed E-state index contributed by atoms with van der Waals surface area (Å²) in [6, 6.07) is 13.6. The average molecular weight is 288 g/mol.